The molecule has 0 aromatic carbocycles. The Balaban J connectivity index is -0.000000494. The highest BCUT2D eigenvalue weighted by Gasteiger charge is 2.55. The fraction of sp³-hybridized carbons (Fsp3) is 1.00. The Morgan fingerprint density at radius 2 is 0.721 bits per heavy atom. The molecule has 0 aromatic rings. The minimum absolute atomic E-state index is 0.104. The van der Waals surface area contributed by atoms with E-state index in [4.69, 9.17) is 12.3 Å². The number of rotatable bonds is 3. The van der Waals surface area contributed by atoms with Gasteiger partial charge in [-0.15, -0.1) is 0 Å². The Morgan fingerprint density at radius 1 is 0.430 bits per heavy atom. The van der Waals surface area contributed by atoms with Crippen molar-refractivity contribution in [3.63, 3.8) is 0 Å². The second kappa shape index (κ2) is 36.0. The first-order valence-corrected chi connectivity index (χ1v) is 36.2. The maximum atomic E-state index is 8.27. The van der Waals surface area contributed by atoms with Crippen molar-refractivity contribution < 1.29 is 12.3 Å². The predicted molar refractivity (Wildman–Crippen MR) is 404 cm³/mol. The van der Waals surface area contributed by atoms with Gasteiger partial charge in [-0.1, -0.05) is 350 Å². The third-order valence-electron chi connectivity index (χ3n) is 22.1. The molecule has 0 saturated heterocycles. The average molecular weight is 1220 g/mol. The molecule has 0 nitrogen and oxygen atoms in total. The van der Waals surface area contributed by atoms with Crippen LogP contribution in [0, 0.1) is 129 Å². The molecular formula is C86H180. The first kappa shape index (κ1) is 75.0. The summed E-state index contributed by atoms with van der Waals surface area (Å²) in [6.07, 6.45) is 20.8. The summed E-state index contributed by atoms with van der Waals surface area (Å²) in [6, 6.07) is 0. The van der Waals surface area contributed by atoms with E-state index >= 15 is 0 Å². The third-order valence-corrected chi connectivity index (χ3v) is 22.1. The summed E-state index contributed by atoms with van der Waals surface area (Å²) in [4.78, 5) is 0. The van der Waals surface area contributed by atoms with Gasteiger partial charge in [0.2, 0.25) is 0 Å². The van der Waals surface area contributed by atoms with Gasteiger partial charge < -0.3 is 0 Å². The average Bonchev–Trinajstić information content (AvgIpc) is 1.10. The minimum atomic E-state index is -2.64. The van der Waals surface area contributed by atoms with Crippen LogP contribution >= 0.6 is 0 Å². The molecule has 0 aliphatic heterocycles. The number of hydrogen-bond donors (Lipinski definition) is 0. The van der Waals surface area contributed by atoms with E-state index in [0.717, 1.165) is 67.6 Å². The summed E-state index contributed by atoms with van der Waals surface area (Å²) in [7, 11) is 0. The monoisotopic (exact) mass is 1220 g/mol. The van der Waals surface area contributed by atoms with E-state index in [1.165, 1.54) is 44.9 Å². The Hall–Kier alpha value is 0. The highest BCUT2D eigenvalue weighted by Crippen LogP contribution is 2.66. The Morgan fingerprint density at radius 3 is 0.814 bits per heavy atom. The smallest absolute Gasteiger partial charge is 0.0308 e. The highest BCUT2D eigenvalue weighted by atomic mass is 14.6. The van der Waals surface area contributed by atoms with E-state index < -0.39 is 24.5 Å². The van der Waals surface area contributed by atoms with Crippen molar-refractivity contribution in [1.29, 1.82) is 0 Å². The third kappa shape index (κ3) is 39.5. The van der Waals surface area contributed by atoms with Crippen LogP contribution in [0.15, 0.2) is 0 Å². The van der Waals surface area contributed by atoms with E-state index in [9.17, 15) is 0 Å². The molecule has 6 saturated carbocycles. The van der Waals surface area contributed by atoms with Crippen molar-refractivity contribution in [2.75, 3.05) is 0 Å². The molecule has 0 heteroatoms. The molecule has 6 rings (SSSR count). The van der Waals surface area contributed by atoms with E-state index in [-0.39, 0.29) is 33.9 Å². The van der Waals surface area contributed by atoms with Crippen LogP contribution in [0.25, 0.3) is 0 Å². The Bertz CT molecular complexity index is 1950. The van der Waals surface area contributed by atoms with Crippen LogP contribution in [0.5, 0.6) is 0 Å². The van der Waals surface area contributed by atoms with Gasteiger partial charge in [-0.05, 0) is 206 Å². The second-order valence-corrected chi connectivity index (χ2v) is 42.8. The number of hydrogen-bond acceptors (Lipinski definition) is 0. The van der Waals surface area contributed by atoms with Crippen LogP contribution in [0.1, 0.15) is 439 Å². The SMILES string of the molecule is CC(C)(C)C(C)(C)C(C)(C)C.CC(C)(C)C12CC3CC(CC(C3)C1)C2.CC(C)(C)CC(C)(C)C.CC(C)C(C)(C)C(C)(C)C.CC(C)CC(C)(C)C.[2H]C(C)(C)C(C)(C)C.[2H]C([2H])([2H])C([2H])(C([2H])([2H])C)C(C)(C)C.[2H]C1(C(C)(C)C)CCCC1.[2H]C1(C(C)(C)C)CCCCC1. The molecule has 0 spiro atoms. The minimum Gasteiger partial charge on any atom is -0.0651 e. The molecule has 0 heterocycles. The molecule has 4 bridgehead atoms. The standard InChI is InChI=1S/C14H24.C11H24.C10H20.C10H22.C9H18.C9H20.2C8H18.C7H16/c1-13(2,3)14-7-10-4-11(8-14)6-12(5-10)9-14;1-9(2,3)11(7,8)10(4,5)6;1-10(2,3)9-7-5-4-6-8-9;1-8(2)10(6,7)9(3,4)5;1-9(2,3)8-6-4-5-7-8;1-8(2,3)7-9(4,5)6;1-7(2)6-8(3,4)5;1-6-7(2)8(3,4)5;1-6(2)7(3,4)5/h10-12H,4-9H2,1-3H3;1-8H3;9H,4-8H2,1-3H3;8H,1-7H3;8H,4-7H2,1-3H3;7H2,1-6H3;2*7H,6H2,1-5H3;6H,1-5H3/i;;9D;;8D;;;2D3,6D2,7D;6D. The van der Waals surface area contributed by atoms with Crippen molar-refractivity contribution in [3.05, 3.63) is 0 Å². The lowest BCUT2D eigenvalue weighted by molar-refractivity contribution is -0.113. The molecule has 524 valence electrons. The van der Waals surface area contributed by atoms with Crippen LogP contribution in [-0.2, 0) is 0 Å². The molecule has 0 N–H and O–H groups in total. The second-order valence-electron chi connectivity index (χ2n) is 42.8. The van der Waals surface area contributed by atoms with E-state index in [1.807, 2.05) is 13.8 Å². The van der Waals surface area contributed by atoms with Gasteiger partial charge in [0.25, 0.3) is 0 Å². The van der Waals surface area contributed by atoms with Crippen LogP contribution in [0.4, 0.5) is 0 Å². The highest BCUT2D eigenvalue weighted by molar-refractivity contribution is 5.05. The Labute approximate surface area is 565 Å². The molecule has 6 aliphatic carbocycles. The zero-order valence-electron chi connectivity index (χ0n) is 77.9. The largest absolute Gasteiger partial charge is 0.0651 e. The van der Waals surface area contributed by atoms with Gasteiger partial charge in [0.15, 0.2) is 0 Å². The van der Waals surface area contributed by atoms with Gasteiger partial charge in [0.05, 0.1) is 0 Å². The summed E-state index contributed by atoms with van der Waals surface area (Å²) in [6.45, 7) is 94.0. The first-order chi connectivity index (χ1) is 40.7. The van der Waals surface area contributed by atoms with Gasteiger partial charge in [0, 0.05) is 12.3 Å². The molecular weight excluding hydrogens is 1030 g/mol. The fourth-order valence-electron chi connectivity index (χ4n) is 13.5. The van der Waals surface area contributed by atoms with E-state index in [2.05, 4.69) is 263 Å². The topological polar surface area (TPSA) is 0 Å². The lowest BCUT2D eigenvalue weighted by Crippen LogP contribution is -2.51. The van der Waals surface area contributed by atoms with Crippen molar-refractivity contribution >= 4 is 0 Å². The lowest BCUT2D eigenvalue weighted by atomic mass is 9.43. The Kier molecular flexibility index (Phi) is 31.4. The normalized spacial score (nSPS) is 25.3. The van der Waals surface area contributed by atoms with Gasteiger partial charge >= 0.3 is 0 Å². The van der Waals surface area contributed by atoms with Crippen molar-refractivity contribution in [1.82, 2.24) is 0 Å². The van der Waals surface area contributed by atoms with E-state index in [0.29, 0.717) is 48.7 Å². The summed E-state index contributed by atoms with van der Waals surface area (Å²) < 4.78 is 68.9. The first-order valence-electron chi connectivity index (χ1n) is 40.7. The van der Waals surface area contributed by atoms with E-state index in [1.54, 1.807) is 59.3 Å². The van der Waals surface area contributed by atoms with Gasteiger partial charge in [0.1, 0.15) is 0 Å². The molecule has 6 fully saturated rings. The maximum absolute atomic E-state index is 8.27. The van der Waals surface area contributed by atoms with Crippen LogP contribution < -0.4 is 0 Å². The molecule has 1 unspecified atom stereocenters. The maximum Gasteiger partial charge on any atom is 0.0308 e. The summed E-state index contributed by atoms with van der Waals surface area (Å²) >= 11 is 0. The van der Waals surface area contributed by atoms with Crippen molar-refractivity contribution in [2.24, 2.45) is 129 Å². The zero-order chi connectivity index (χ0) is 77.9. The van der Waals surface area contributed by atoms with Crippen LogP contribution in [0.3, 0.4) is 0 Å². The lowest BCUT2D eigenvalue weighted by Gasteiger charge is -2.62. The predicted octanol–water partition coefficient (Wildman–Crippen LogP) is 31.2. The molecule has 0 aromatic heterocycles. The molecule has 0 radical (unpaired) electrons. The molecule has 6 aliphatic rings. The van der Waals surface area contributed by atoms with Gasteiger partial charge in [-0.3, -0.25) is 0 Å². The molecule has 0 amide bonds. The van der Waals surface area contributed by atoms with Crippen molar-refractivity contribution in [2.45, 2.75) is 427 Å². The van der Waals surface area contributed by atoms with Gasteiger partial charge in [-0.25, -0.2) is 0 Å². The van der Waals surface area contributed by atoms with Gasteiger partial charge in [-0.2, -0.15) is 0 Å². The molecule has 86 heavy (non-hydrogen) atoms. The fourth-order valence-corrected chi connectivity index (χ4v) is 13.5. The summed E-state index contributed by atoms with van der Waals surface area (Å²) in [5, 5.41) is 0. The zero-order valence-corrected chi connectivity index (χ0v) is 68.9. The molecule has 1 atom stereocenters. The quantitative estimate of drug-likeness (QED) is 0.264. The van der Waals surface area contributed by atoms with Crippen LogP contribution in [-0.4, -0.2) is 0 Å². The summed E-state index contributed by atoms with van der Waals surface area (Å²) in [5.41, 5.74) is 4.29. The van der Waals surface area contributed by atoms with Crippen LogP contribution in [0.2, 0.25) is 0 Å². The summed E-state index contributed by atoms with van der Waals surface area (Å²) in [5.74, 6) is 2.27. The van der Waals surface area contributed by atoms with Crippen molar-refractivity contribution in [3.8, 4) is 0 Å².